The Morgan fingerprint density at radius 3 is 3.12 bits per heavy atom. The highest BCUT2D eigenvalue weighted by atomic mass is 16.6. The molecule has 0 amide bonds. The van der Waals surface area contributed by atoms with Crippen LogP contribution in [-0.2, 0) is 4.74 Å². The smallest absolute Gasteiger partial charge is 0.301 e. The van der Waals surface area contributed by atoms with Gasteiger partial charge in [0.25, 0.3) is 0 Å². The summed E-state index contributed by atoms with van der Waals surface area (Å²) in [6.45, 7) is -0.253. The molecule has 2 aliphatic rings. The fourth-order valence-corrected chi connectivity index (χ4v) is 2.04. The zero-order chi connectivity index (χ0) is 11.3. The normalized spacial score (nSPS) is 35.6. The van der Waals surface area contributed by atoms with Crippen LogP contribution in [0.3, 0.4) is 0 Å². The van der Waals surface area contributed by atoms with Crippen LogP contribution < -0.4 is 10.2 Å². The molecule has 0 saturated carbocycles. The summed E-state index contributed by atoms with van der Waals surface area (Å²) in [6.07, 6.45) is -0.930. The molecule has 7 heteroatoms. The van der Waals surface area contributed by atoms with Crippen molar-refractivity contribution in [2.45, 2.75) is 24.5 Å². The third kappa shape index (κ3) is 1.19. The number of aliphatic hydroxyl groups excluding tert-OH is 2. The summed E-state index contributed by atoms with van der Waals surface area (Å²) < 4.78 is 12.5. The molecule has 0 spiro atoms. The van der Waals surface area contributed by atoms with Gasteiger partial charge in [0.1, 0.15) is 12.2 Å². The first-order valence-electron chi connectivity index (χ1n) is 4.95. The van der Waals surface area contributed by atoms with Crippen LogP contribution in [0.15, 0.2) is 12.3 Å². The van der Waals surface area contributed by atoms with E-state index < -0.39 is 24.5 Å². The van der Waals surface area contributed by atoms with Gasteiger partial charge in [0.05, 0.1) is 6.61 Å². The fourth-order valence-electron chi connectivity index (χ4n) is 2.04. The highest BCUT2D eigenvalue weighted by Crippen LogP contribution is 2.38. The van der Waals surface area contributed by atoms with E-state index in [0.29, 0.717) is 0 Å². The van der Waals surface area contributed by atoms with Crippen LogP contribution in [0.4, 0.5) is 0 Å². The lowest BCUT2D eigenvalue weighted by atomic mass is 10.1. The number of hydrogen-bond donors (Lipinski definition) is 3. The van der Waals surface area contributed by atoms with Crippen molar-refractivity contribution in [3.8, 4) is 6.01 Å². The highest BCUT2D eigenvalue weighted by molar-refractivity contribution is 5.10. The van der Waals surface area contributed by atoms with E-state index in [9.17, 15) is 5.11 Å². The van der Waals surface area contributed by atoms with E-state index >= 15 is 0 Å². The number of hydrogen-bond acceptors (Lipinski definition) is 6. The van der Waals surface area contributed by atoms with Crippen molar-refractivity contribution in [2.75, 3.05) is 6.61 Å². The third-order valence-electron chi connectivity index (χ3n) is 2.84. The highest BCUT2D eigenvalue weighted by Gasteiger charge is 2.50. The molecule has 3 N–H and O–H groups in total. The lowest BCUT2D eigenvalue weighted by Crippen LogP contribution is -2.34. The molecule has 2 aliphatic heterocycles. The van der Waals surface area contributed by atoms with Crippen molar-refractivity contribution < 1.29 is 19.7 Å². The molecule has 0 bridgehead atoms. The summed E-state index contributed by atoms with van der Waals surface area (Å²) in [5.41, 5.74) is 0.0967. The minimum Gasteiger partial charge on any atom is -0.454 e. The van der Waals surface area contributed by atoms with Gasteiger partial charge < -0.3 is 19.7 Å². The minimum atomic E-state index is -0.883. The quantitative estimate of drug-likeness (QED) is 0.533. The average Bonchev–Trinajstić information content (AvgIpc) is 2.75. The Kier molecular flexibility index (Phi) is 2.00. The molecule has 1 aromatic heterocycles. The van der Waals surface area contributed by atoms with Gasteiger partial charge in [-0.25, -0.2) is 0 Å². The molecule has 7 nitrogen and oxygen atoms in total. The largest absolute Gasteiger partial charge is 0.454 e. The SMILES string of the molecule is N=c1ccn2c(n1)O[C@H]1[C@H](O)C(CO)O[C@H]12. The summed E-state index contributed by atoms with van der Waals surface area (Å²) in [5.74, 6) is 0. The molecule has 4 atom stereocenters. The van der Waals surface area contributed by atoms with Crippen LogP contribution >= 0.6 is 0 Å². The Labute approximate surface area is 90.4 Å². The van der Waals surface area contributed by atoms with Crippen molar-refractivity contribution in [1.29, 1.82) is 5.41 Å². The Hall–Kier alpha value is -1.44. The molecule has 1 fully saturated rings. The maximum Gasteiger partial charge on any atom is 0.301 e. The molecule has 16 heavy (non-hydrogen) atoms. The van der Waals surface area contributed by atoms with Gasteiger partial charge in [0.2, 0.25) is 0 Å². The molecule has 3 heterocycles. The minimum absolute atomic E-state index is 0.0967. The van der Waals surface area contributed by atoms with Gasteiger partial charge in [0, 0.05) is 6.20 Å². The maximum atomic E-state index is 9.80. The first kappa shape index (κ1) is 9.76. The predicted octanol–water partition coefficient (Wildman–Crippen LogP) is -1.63. The number of nitrogens with zero attached hydrogens (tertiary/aromatic N) is 2. The van der Waals surface area contributed by atoms with E-state index in [1.807, 2.05) is 0 Å². The van der Waals surface area contributed by atoms with Crippen LogP contribution in [0, 0.1) is 5.41 Å². The molecule has 0 aliphatic carbocycles. The van der Waals surface area contributed by atoms with Crippen molar-refractivity contribution in [3.05, 3.63) is 17.8 Å². The Balaban J connectivity index is 1.99. The first-order valence-corrected chi connectivity index (χ1v) is 4.95. The van der Waals surface area contributed by atoms with E-state index in [1.54, 1.807) is 10.8 Å². The molecule has 1 aromatic rings. The van der Waals surface area contributed by atoms with Gasteiger partial charge in [-0.05, 0) is 6.07 Å². The van der Waals surface area contributed by atoms with Gasteiger partial charge in [0.15, 0.2) is 17.8 Å². The van der Waals surface area contributed by atoms with Crippen molar-refractivity contribution >= 4 is 0 Å². The van der Waals surface area contributed by atoms with Crippen molar-refractivity contribution in [1.82, 2.24) is 9.55 Å². The fraction of sp³-hybridized carbons (Fsp3) is 0.556. The third-order valence-corrected chi connectivity index (χ3v) is 2.84. The maximum absolute atomic E-state index is 9.80. The number of ether oxygens (including phenoxy) is 2. The molecular weight excluding hydrogens is 214 g/mol. The van der Waals surface area contributed by atoms with Gasteiger partial charge in [-0.1, -0.05) is 0 Å². The van der Waals surface area contributed by atoms with Crippen molar-refractivity contribution in [3.63, 3.8) is 0 Å². The van der Waals surface area contributed by atoms with E-state index in [2.05, 4.69) is 4.98 Å². The van der Waals surface area contributed by atoms with Crippen LogP contribution in [-0.4, -0.2) is 44.7 Å². The zero-order valence-electron chi connectivity index (χ0n) is 8.28. The molecule has 0 radical (unpaired) electrons. The molecule has 1 unspecified atom stereocenters. The average molecular weight is 225 g/mol. The second kappa shape index (κ2) is 3.27. The molecule has 86 valence electrons. The summed E-state index contributed by atoms with van der Waals surface area (Å²) in [6, 6.07) is 1.77. The van der Waals surface area contributed by atoms with Crippen LogP contribution in [0.2, 0.25) is 0 Å². The molecule has 1 saturated heterocycles. The lowest BCUT2D eigenvalue weighted by Gasteiger charge is -2.14. The topological polar surface area (TPSA) is 101 Å². The molecule has 0 aromatic carbocycles. The first-order chi connectivity index (χ1) is 7.70. The Bertz CT molecular complexity index is 474. The van der Waals surface area contributed by atoms with Gasteiger partial charge in [-0.15, -0.1) is 0 Å². The van der Waals surface area contributed by atoms with Crippen molar-refractivity contribution in [2.24, 2.45) is 0 Å². The number of aromatic nitrogens is 2. The monoisotopic (exact) mass is 225 g/mol. The number of aliphatic hydroxyl groups is 2. The standard InChI is InChI=1S/C9H11N3O4/c10-5-1-2-12-8-7(16-9(12)11-5)6(14)4(3-13)15-8/h1-2,4,6-8,10,13-14H,3H2/t4?,6-,7+,8-/m1/s1. The number of rotatable bonds is 1. The van der Waals surface area contributed by atoms with Crippen LogP contribution in [0.1, 0.15) is 6.23 Å². The number of fused-ring (bicyclic) bond motifs is 3. The van der Waals surface area contributed by atoms with E-state index in [4.69, 9.17) is 20.0 Å². The van der Waals surface area contributed by atoms with Gasteiger partial charge in [-0.3, -0.25) is 9.98 Å². The Morgan fingerprint density at radius 2 is 2.38 bits per heavy atom. The second-order valence-electron chi connectivity index (χ2n) is 3.82. The zero-order valence-corrected chi connectivity index (χ0v) is 8.28. The second-order valence-corrected chi connectivity index (χ2v) is 3.82. The van der Waals surface area contributed by atoms with Crippen LogP contribution in [0.5, 0.6) is 6.01 Å². The molecular formula is C9H11N3O4. The summed E-state index contributed by atoms with van der Waals surface area (Å²) in [7, 11) is 0. The van der Waals surface area contributed by atoms with E-state index in [1.165, 1.54) is 6.07 Å². The molecule has 3 rings (SSSR count). The number of nitrogens with one attached hydrogen (secondary N) is 1. The summed E-state index contributed by atoms with van der Waals surface area (Å²) in [5, 5.41) is 26.1. The summed E-state index contributed by atoms with van der Waals surface area (Å²) in [4.78, 5) is 3.88. The summed E-state index contributed by atoms with van der Waals surface area (Å²) >= 11 is 0. The lowest BCUT2D eigenvalue weighted by molar-refractivity contribution is -0.0434. The van der Waals surface area contributed by atoms with E-state index in [-0.39, 0.29) is 18.1 Å². The van der Waals surface area contributed by atoms with Crippen LogP contribution in [0.25, 0.3) is 0 Å². The predicted molar refractivity (Wildman–Crippen MR) is 49.5 cm³/mol. The van der Waals surface area contributed by atoms with Gasteiger partial charge >= 0.3 is 6.01 Å². The van der Waals surface area contributed by atoms with Gasteiger partial charge in [-0.2, -0.15) is 4.98 Å². The Morgan fingerprint density at radius 1 is 1.56 bits per heavy atom. The van der Waals surface area contributed by atoms with E-state index in [0.717, 1.165) is 0 Å².